The summed E-state index contributed by atoms with van der Waals surface area (Å²) in [6.45, 7) is 0.423. The lowest BCUT2D eigenvalue weighted by Gasteiger charge is -2.19. The van der Waals surface area contributed by atoms with Crippen LogP contribution in [0.15, 0.2) is 78.9 Å². The lowest BCUT2D eigenvalue weighted by atomic mass is 10.0. The summed E-state index contributed by atoms with van der Waals surface area (Å²) in [6.07, 6.45) is 0.121. The van der Waals surface area contributed by atoms with Gasteiger partial charge in [0.15, 0.2) is 0 Å². The van der Waals surface area contributed by atoms with E-state index in [1.807, 2.05) is 73.6 Å². The Morgan fingerprint density at radius 1 is 0.903 bits per heavy atom. The Bertz CT molecular complexity index is 1020. The third-order valence-electron chi connectivity index (χ3n) is 4.96. The summed E-state index contributed by atoms with van der Waals surface area (Å²) in [6, 6.07) is 23.8. The highest BCUT2D eigenvalue weighted by Gasteiger charge is 2.20. The molecule has 1 atom stereocenters. The zero-order valence-corrected chi connectivity index (χ0v) is 18.4. The molecule has 6 heteroatoms. The summed E-state index contributed by atoms with van der Waals surface area (Å²) in [5, 5.41) is 6.26. The van der Waals surface area contributed by atoms with Gasteiger partial charge < -0.3 is 15.5 Å². The molecule has 31 heavy (non-hydrogen) atoms. The van der Waals surface area contributed by atoms with E-state index in [-0.39, 0.29) is 18.2 Å². The fourth-order valence-corrected chi connectivity index (χ4v) is 3.41. The number of nitrogens with one attached hydrogen (secondary N) is 2. The van der Waals surface area contributed by atoms with E-state index in [1.165, 1.54) is 0 Å². The van der Waals surface area contributed by atoms with Crippen molar-refractivity contribution in [3.63, 3.8) is 0 Å². The van der Waals surface area contributed by atoms with Crippen molar-refractivity contribution in [2.75, 3.05) is 19.0 Å². The molecule has 5 nitrogen and oxygen atoms in total. The number of rotatable bonds is 8. The number of amides is 2. The predicted molar refractivity (Wildman–Crippen MR) is 125 cm³/mol. The van der Waals surface area contributed by atoms with Crippen LogP contribution in [0.25, 0.3) is 0 Å². The van der Waals surface area contributed by atoms with Gasteiger partial charge in [-0.25, -0.2) is 0 Å². The zero-order valence-electron chi connectivity index (χ0n) is 17.6. The molecule has 160 valence electrons. The van der Waals surface area contributed by atoms with E-state index in [2.05, 4.69) is 10.6 Å². The molecule has 3 rings (SSSR count). The first-order valence-corrected chi connectivity index (χ1v) is 10.4. The summed E-state index contributed by atoms with van der Waals surface area (Å²) in [5.41, 5.74) is 3.34. The van der Waals surface area contributed by atoms with Crippen LogP contribution in [-0.4, -0.2) is 25.9 Å². The summed E-state index contributed by atoms with van der Waals surface area (Å²) in [4.78, 5) is 27.5. The molecule has 0 aliphatic carbocycles. The van der Waals surface area contributed by atoms with Gasteiger partial charge in [-0.05, 0) is 35.4 Å². The standard InChI is InChI=1S/C25H26ClN3O2/c1-29(2)20-14-12-18(13-15-20)17-27-24(30)16-23(19-8-4-3-5-9-19)28-25(31)21-10-6-7-11-22(21)26/h3-15,23H,16-17H2,1-2H3,(H,27,30)(H,28,31). The van der Waals surface area contributed by atoms with Crippen molar-refractivity contribution in [2.24, 2.45) is 0 Å². The number of nitrogens with zero attached hydrogens (tertiary/aromatic N) is 1. The van der Waals surface area contributed by atoms with Crippen LogP contribution in [0.5, 0.6) is 0 Å². The maximum atomic E-state index is 12.8. The summed E-state index contributed by atoms with van der Waals surface area (Å²) in [5.74, 6) is -0.462. The van der Waals surface area contributed by atoms with Gasteiger partial charge in [-0.3, -0.25) is 9.59 Å². The molecule has 0 heterocycles. The van der Waals surface area contributed by atoms with E-state index in [1.54, 1.807) is 24.3 Å². The Kier molecular flexibility index (Phi) is 7.68. The SMILES string of the molecule is CN(C)c1ccc(CNC(=O)CC(NC(=O)c2ccccc2Cl)c2ccccc2)cc1. The van der Waals surface area contributed by atoms with Crippen LogP contribution in [0.1, 0.15) is 33.9 Å². The first-order chi connectivity index (χ1) is 14.9. The van der Waals surface area contributed by atoms with Crippen LogP contribution in [0.4, 0.5) is 5.69 Å². The molecule has 3 aromatic carbocycles. The normalized spacial score (nSPS) is 11.5. The van der Waals surface area contributed by atoms with Crippen molar-refractivity contribution in [1.82, 2.24) is 10.6 Å². The van der Waals surface area contributed by atoms with Gasteiger partial charge in [0.05, 0.1) is 23.0 Å². The van der Waals surface area contributed by atoms with Crippen LogP contribution in [0, 0.1) is 0 Å². The van der Waals surface area contributed by atoms with Crippen molar-refractivity contribution in [1.29, 1.82) is 0 Å². The second kappa shape index (κ2) is 10.6. The number of carbonyl (C=O) groups excluding carboxylic acids is 2. The topological polar surface area (TPSA) is 61.4 Å². The molecule has 0 aliphatic heterocycles. The molecule has 0 aliphatic rings. The van der Waals surface area contributed by atoms with Gasteiger partial charge in [0.2, 0.25) is 5.91 Å². The number of anilines is 1. The Morgan fingerprint density at radius 2 is 1.55 bits per heavy atom. The zero-order chi connectivity index (χ0) is 22.2. The molecule has 0 spiro atoms. The van der Waals surface area contributed by atoms with E-state index >= 15 is 0 Å². The van der Waals surface area contributed by atoms with Crippen LogP contribution in [-0.2, 0) is 11.3 Å². The van der Waals surface area contributed by atoms with Crippen molar-refractivity contribution < 1.29 is 9.59 Å². The average Bonchev–Trinajstić information content (AvgIpc) is 2.78. The molecule has 3 aromatic rings. The predicted octanol–water partition coefficient (Wildman–Crippen LogP) is 4.58. The highest BCUT2D eigenvalue weighted by atomic mass is 35.5. The molecule has 0 bridgehead atoms. The first kappa shape index (κ1) is 22.4. The maximum Gasteiger partial charge on any atom is 0.253 e. The van der Waals surface area contributed by atoms with E-state index in [9.17, 15) is 9.59 Å². The minimum absolute atomic E-state index is 0.121. The quantitative estimate of drug-likeness (QED) is 0.544. The van der Waals surface area contributed by atoms with Crippen LogP contribution >= 0.6 is 11.6 Å². The number of hydrogen-bond donors (Lipinski definition) is 2. The Morgan fingerprint density at radius 3 is 2.19 bits per heavy atom. The second-order valence-electron chi connectivity index (χ2n) is 7.46. The van der Waals surface area contributed by atoms with E-state index in [4.69, 9.17) is 11.6 Å². The van der Waals surface area contributed by atoms with Gasteiger partial charge in [-0.1, -0.05) is 66.2 Å². The van der Waals surface area contributed by atoms with Gasteiger partial charge >= 0.3 is 0 Å². The van der Waals surface area contributed by atoms with Gasteiger partial charge in [0.1, 0.15) is 0 Å². The molecular weight excluding hydrogens is 410 g/mol. The number of carbonyl (C=O) groups is 2. The molecule has 1 unspecified atom stereocenters. The highest BCUT2D eigenvalue weighted by molar-refractivity contribution is 6.33. The Labute approximate surface area is 188 Å². The molecule has 0 saturated heterocycles. The lowest BCUT2D eigenvalue weighted by Crippen LogP contribution is -2.33. The molecule has 2 amide bonds. The third kappa shape index (κ3) is 6.33. The summed E-state index contributed by atoms with van der Waals surface area (Å²) >= 11 is 6.16. The number of benzene rings is 3. The maximum absolute atomic E-state index is 12.8. The molecule has 0 aromatic heterocycles. The average molecular weight is 436 g/mol. The van der Waals surface area contributed by atoms with E-state index in [0.717, 1.165) is 16.8 Å². The lowest BCUT2D eigenvalue weighted by molar-refractivity contribution is -0.121. The summed E-state index contributed by atoms with van der Waals surface area (Å²) in [7, 11) is 3.97. The monoisotopic (exact) mass is 435 g/mol. The van der Waals surface area contributed by atoms with Crippen LogP contribution < -0.4 is 15.5 Å². The molecule has 0 saturated carbocycles. The Balaban J connectivity index is 1.66. The summed E-state index contributed by atoms with van der Waals surface area (Å²) < 4.78 is 0. The van der Waals surface area contributed by atoms with Crippen molar-refractivity contribution in [2.45, 2.75) is 19.0 Å². The smallest absolute Gasteiger partial charge is 0.253 e. The van der Waals surface area contributed by atoms with Crippen LogP contribution in [0.3, 0.4) is 0 Å². The Hall–Kier alpha value is -3.31. The van der Waals surface area contributed by atoms with Crippen molar-refractivity contribution in [3.8, 4) is 0 Å². The van der Waals surface area contributed by atoms with Crippen molar-refractivity contribution >= 4 is 29.1 Å². The number of hydrogen-bond acceptors (Lipinski definition) is 3. The van der Waals surface area contributed by atoms with E-state index < -0.39 is 6.04 Å². The molecule has 0 radical (unpaired) electrons. The third-order valence-corrected chi connectivity index (χ3v) is 5.29. The highest BCUT2D eigenvalue weighted by Crippen LogP contribution is 2.20. The molecular formula is C25H26ClN3O2. The van der Waals surface area contributed by atoms with Gasteiger partial charge in [0, 0.05) is 26.3 Å². The molecule has 0 fully saturated rings. The van der Waals surface area contributed by atoms with Gasteiger partial charge in [-0.15, -0.1) is 0 Å². The van der Waals surface area contributed by atoms with Gasteiger partial charge in [0.25, 0.3) is 5.91 Å². The minimum atomic E-state index is -0.471. The van der Waals surface area contributed by atoms with E-state index in [0.29, 0.717) is 17.1 Å². The first-order valence-electron chi connectivity index (χ1n) is 10.1. The van der Waals surface area contributed by atoms with Crippen molar-refractivity contribution in [3.05, 3.63) is 101 Å². The fourth-order valence-electron chi connectivity index (χ4n) is 3.19. The van der Waals surface area contributed by atoms with Crippen LogP contribution in [0.2, 0.25) is 5.02 Å². The second-order valence-corrected chi connectivity index (χ2v) is 7.87. The number of halogens is 1. The molecule has 2 N–H and O–H groups in total. The largest absolute Gasteiger partial charge is 0.378 e. The fraction of sp³-hybridized carbons (Fsp3) is 0.200. The van der Waals surface area contributed by atoms with Gasteiger partial charge in [-0.2, -0.15) is 0 Å². The minimum Gasteiger partial charge on any atom is -0.378 e.